The lowest BCUT2D eigenvalue weighted by Crippen LogP contribution is -2.35. The third kappa shape index (κ3) is 5.58. The van der Waals surface area contributed by atoms with Crippen molar-refractivity contribution in [2.45, 2.75) is 6.42 Å². The molecule has 0 atom stereocenters. The van der Waals surface area contributed by atoms with Crippen LogP contribution in [0.5, 0.6) is 0 Å². The fraction of sp³-hybridized carbons (Fsp3) is 0.429. The first-order chi connectivity index (χ1) is 9.99. The Balaban J connectivity index is 2.82. The Labute approximate surface area is 136 Å². The maximum absolute atomic E-state index is 13.5. The molecule has 0 heterocycles. The number of hydrogen-bond donors (Lipinski definition) is 0. The second kappa shape index (κ2) is 8.93. The topological polar surface area (TPSA) is 55.8 Å². The molecule has 0 aromatic heterocycles. The number of amides is 1. The van der Waals surface area contributed by atoms with Gasteiger partial charge in [0.15, 0.2) is 0 Å². The van der Waals surface area contributed by atoms with Crippen LogP contribution < -0.4 is 0 Å². The lowest BCUT2D eigenvalue weighted by atomic mass is 10.2. The van der Waals surface area contributed by atoms with Crippen LogP contribution in [-0.2, 0) is 14.3 Å². The van der Waals surface area contributed by atoms with E-state index in [9.17, 15) is 14.0 Å². The van der Waals surface area contributed by atoms with Gasteiger partial charge in [0.1, 0.15) is 5.82 Å². The minimum atomic E-state index is -0.443. The summed E-state index contributed by atoms with van der Waals surface area (Å²) in [5.41, 5.74) is 0.244. The third-order valence-corrected chi connectivity index (χ3v) is 3.71. The van der Waals surface area contributed by atoms with Crippen LogP contribution in [0.15, 0.2) is 18.2 Å². The number of hydrogen-bond acceptors (Lipinski definition) is 4. The molecule has 0 spiro atoms. The fourth-order valence-electron chi connectivity index (χ4n) is 1.66. The zero-order valence-electron chi connectivity index (χ0n) is 11.9. The Morgan fingerprint density at radius 3 is 2.57 bits per heavy atom. The van der Waals surface area contributed by atoms with Crippen molar-refractivity contribution in [1.82, 2.24) is 4.90 Å². The first kappa shape index (κ1) is 17.8. The number of methoxy groups -OCH3 is 2. The summed E-state index contributed by atoms with van der Waals surface area (Å²) < 4.78 is 23.5. The second-order valence-corrected chi connectivity index (χ2v) is 5.40. The molecule has 0 unspecified atom stereocenters. The van der Waals surface area contributed by atoms with Gasteiger partial charge in [0.05, 0.1) is 20.1 Å². The van der Waals surface area contributed by atoms with E-state index in [2.05, 4.69) is 4.74 Å². The van der Waals surface area contributed by atoms with Gasteiger partial charge in [-0.2, -0.15) is 0 Å². The highest BCUT2D eigenvalue weighted by Gasteiger charge is 2.18. The summed E-state index contributed by atoms with van der Waals surface area (Å²) in [5.74, 6) is -1.19. The van der Waals surface area contributed by atoms with E-state index in [0.29, 0.717) is 16.7 Å². The molecule has 1 amide bonds. The highest BCUT2D eigenvalue weighted by molar-refractivity contribution is 14.1. The predicted octanol–water partition coefficient (Wildman–Crippen LogP) is 2.08. The molecule has 0 aliphatic carbocycles. The van der Waals surface area contributed by atoms with Crippen molar-refractivity contribution in [1.29, 1.82) is 0 Å². The van der Waals surface area contributed by atoms with Crippen LogP contribution >= 0.6 is 22.6 Å². The van der Waals surface area contributed by atoms with Crippen molar-refractivity contribution >= 4 is 34.5 Å². The van der Waals surface area contributed by atoms with E-state index in [1.807, 2.05) is 22.6 Å². The molecular weight excluding hydrogens is 392 g/mol. The van der Waals surface area contributed by atoms with Gasteiger partial charge in [-0.05, 0) is 40.8 Å². The number of nitrogens with zero attached hydrogens (tertiary/aromatic N) is 1. The Morgan fingerprint density at radius 1 is 1.29 bits per heavy atom. The SMILES string of the molecule is COCCN(CCC(=O)OC)C(=O)c1ccc(I)c(F)c1. The minimum Gasteiger partial charge on any atom is -0.469 e. The number of rotatable bonds is 7. The van der Waals surface area contributed by atoms with Gasteiger partial charge in [0.2, 0.25) is 0 Å². The summed E-state index contributed by atoms with van der Waals surface area (Å²) in [6, 6.07) is 4.30. The van der Waals surface area contributed by atoms with Crippen LogP contribution in [-0.4, -0.2) is 50.7 Å². The van der Waals surface area contributed by atoms with E-state index in [0.717, 1.165) is 0 Å². The highest BCUT2D eigenvalue weighted by atomic mass is 127. The van der Waals surface area contributed by atoms with Gasteiger partial charge in [-0.25, -0.2) is 4.39 Å². The summed E-state index contributed by atoms with van der Waals surface area (Å²) in [5, 5.41) is 0. The summed E-state index contributed by atoms with van der Waals surface area (Å²) in [6.07, 6.45) is 0.0821. The first-order valence-corrected chi connectivity index (χ1v) is 7.37. The molecule has 5 nitrogen and oxygen atoms in total. The normalized spacial score (nSPS) is 10.3. The summed E-state index contributed by atoms with van der Waals surface area (Å²) in [4.78, 5) is 25.0. The van der Waals surface area contributed by atoms with E-state index in [1.165, 1.54) is 31.3 Å². The number of carbonyl (C=O) groups excluding carboxylic acids is 2. The summed E-state index contributed by atoms with van der Waals surface area (Å²) in [6.45, 7) is 0.849. The van der Waals surface area contributed by atoms with Crippen molar-refractivity contribution in [3.8, 4) is 0 Å². The molecule has 21 heavy (non-hydrogen) atoms. The Morgan fingerprint density at radius 2 is 2.00 bits per heavy atom. The standard InChI is InChI=1S/C14H17FINO4/c1-20-8-7-17(6-5-13(18)21-2)14(19)10-3-4-12(16)11(15)9-10/h3-4,9H,5-8H2,1-2H3. The van der Waals surface area contributed by atoms with Crippen molar-refractivity contribution < 1.29 is 23.5 Å². The van der Waals surface area contributed by atoms with E-state index < -0.39 is 11.8 Å². The molecular formula is C14H17FINO4. The van der Waals surface area contributed by atoms with Gasteiger partial charge in [-0.3, -0.25) is 9.59 Å². The van der Waals surface area contributed by atoms with Crippen LogP contribution in [0.3, 0.4) is 0 Å². The maximum Gasteiger partial charge on any atom is 0.307 e. The summed E-state index contributed by atoms with van der Waals surface area (Å²) >= 11 is 1.85. The van der Waals surface area contributed by atoms with Crippen LogP contribution in [0.4, 0.5) is 4.39 Å². The quantitative estimate of drug-likeness (QED) is 0.511. The number of ether oxygens (including phenoxy) is 2. The molecule has 0 aliphatic heterocycles. The molecule has 1 aromatic rings. The zero-order valence-corrected chi connectivity index (χ0v) is 14.1. The van der Waals surface area contributed by atoms with Gasteiger partial charge in [-0.1, -0.05) is 0 Å². The smallest absolute Gasteiger partial charge is 0.307 e. The molecule has 7 heteroatoms. The lowest BCUT2D eigenvalue weighted by Gasteiger charge is -2.22. The molecule has 1 rings (SSSR count). The fourth-order valence-corrected chi connectivity index (χ4v) is 1.99. The van der Waals surface area contributed by atoms with E-state index >= 15 is 0 Å². The van der Waals surface area contributed by atoms with Crippen molar-refractivity contribution in [2.24, 2.45) is 0 Å². The minimum absolute atomic E-state index is 0.0821. The lowest BCUT2D eigenvalue weighted by molar-refractivity contribution is -0.140. The molecule has 1 aromatic carbocycles. The van der Waals surface area contributed by atoms with Crippen molar-refractivity contribution in [3.63, 3.8) is 0 Å². The molecule has 0 saturated carbocycles. The zero-order chi connectivity index (χ0) is 15.8. The molecule has 0 saturated heterocycles. The molecule has 0 fully saturated rings. The van der Waals surface area contributed by atoms with E-state index in [4.69, 9.17) is 4.74 Å². The Kier molecular flexibility index (Phi) is 7.58. The van der Waals surface area contributed by atoms with Crippen LogP contribution in [0.1, 0.15) is 16.8 Å². The molecule has 116 valence electrons. The maximum atomic E-state index is 13.5. The second-order valence-electron chi connectivity index (χ2n) is 4.24. The van der Waals surface area contributed by atoms with Crippen molar-refractivity contribution in [3.05, 3.63) is 33.1 Å². The third-order valence-electron chi connectivity index (χ3n) is 2.83. The van der Waals surface area contributed by atoms with Crippen LogP contribution in [0.25, 0.3) is 0 Å². The van der Waals surface area contributed by atoms with Gasteiger partial charge >= 0.3 is 5.97 Å². The average Bonchev–Trinajstić information content (AvgIpc) is 2.49. The number of carbonyl (C=O) groups is 2. The Bertz CT molecular complexity index is 510. The summed E-state index contributed by atoms with van der Waals surface area (Å²) in [7, 11) is 2.81. The molecule has 0 aliphatic rings. The van der Waals surface area contributed by atoms with Gasteiger partial charge in [-0.15, -0.1) is 0 Å². The van der Waals surface area contributed by atoms with Crippen LogP contribution in [0, 0.1) is 9.39 Å². The van der Waals surface area contributed by atoms with Crippen molar-refractivity contribution in [2.75, 3.05) is 33.9 Å². The van der Waals surface area contributed by atoms with E-state index in [-0.39, 0.29) is 24.4 Å². The van der Waals surface area contributed by atoms with Gasteiger partial charge in [0.25, 0.3) is 5.91 Å². The van der Waals surface area contributed by atoms with Crippen LogP contribution in [0.2, 0.25) is 0 Å². The Hall–Kier alpha value is -1.22. The average molecular weight is 409 g/mol. The largest absolute Gasteiger partial charge is 0.469 e. The number of halogens is 2. The van der Waals surface area contributed by atoms with Gasteiger partial charge < -0.3 is 14.4 Å². The first-order valence-electron chi connectivity index (χ1n) is 6.29. The number of benzene rings is 1. The van der Waals surface area contributed by atoms with Gasteiger partial charge in [0, 0.05) is 29.3 Å². The number of esters is 1. The van der Waals surface area contributed by atoms with E-state index in [1.54, 1.807) is 6.07 Å². The predicted molar refractivity (Wildman–Crippen MR) is 83.5 cm³/mol. The monoisotopic (exact) mass is 409 g/mol. The molecule has 0 radical (unpaired) electrons. The molecule has 0 N–H and O–H groups in total. The molecule has 0 bridgehead atoms. The highest BCUT2D eigenvalue weighted by Crippen LogP contribution is 2.14.